The highest BCUT2D eigenvalue weighted by molar-refractivity contribution is 5.76. The predicted octanol–water partition coefficient (Wildman–Crippen LogP) is 0.0509. The van der Waals surface area contributed by atoms with Crippen molar-refractivity contribution in [1.29, 1.82) is 0 Å². The summed E-state index contributed by atoms with van der Waals surface area (Å²) in [6, 6.07) is -0.339. The van der Waals surface area contributed by atoms with Gasteiger partial charge >= 0.3 is 5.97 Å². The van der Waals surface area contributed by atoms with E-state index in [1.165, 1.54) is 0 Å². The van der Waals surface area contributed by atoms with Crippen LogP contribution in [0.2, 0.25) is 0 Å². The highest BCUT2D eigenvalue weighted by Gasteiger charge is 2.31. The topological polar surface area (TPSA) is 58.6 Å². The molecule has 0 aliphatic carbocycles. The van der Waals surface area contributed by atoms with Crippen LogP contribution in [0, 0.1) is 0 Å². The molecule has 1 saturated heterocycles. The van der Waals surface area contributed by atoms with Gasteiger partial charge in [0.05, 0.1) is 6.10 Å². The van der Waals surface area contributed by atoms with Crippen molar-refractivity contribution >= 4 is 5.97 Å². The lowest BCUT2D eigenvalue weighted by atomic mass is 10.1. The second-order valence-corrected chi connectivity index (χ2v) is 4.38. The van der Waals surface area contributed by atoms with Crippen molar-refractivity contribution in [3.63, 3.8) is 0 Å². The van der Waals surface area contributed by atoms with E-state index in [0.29, 0.717) is 13.0 Å². The molecule has 13 heavy (non-hydrogen) atoms. The van der Waals surface area contributed by atoms with E-state index in [1.54, 1.807) is 0 Å². The smallest absolute Gasteiger partial charge is 0.323 e. The summed E-state index contributed by atoms with van der Waals surface area (Å²) in [5.74, 6) is -0.274. The Morgan fingerprint density at radius 2 is 2.15 bits per heavy atom. The molecule has 1 heterocycles. The van der Waals surface area contributed by atoms with Crippen LogP contribution in [0.5, 0.6) is 0 Å². The van der Waals surface area contributed by atoms with Crippen LogP contribution in [-0.4, -0.2) is 35.4 Å². The van der Waals surface area contributed by atoms with E-state index in [0.717, 1.165) is 0 Å². The first kappa shape index (κ1) is 10.5. The number of aliphatic hydroxyl groups excluding tert-OH is 1. The number of carbonyl (C=O) groups excluding carboxylic acids is 1. The average molecular weight is 187 g/mol. The Morgan fingerprint density at radius 1 is 1.54 bits per heavy atom. The molecule has 2 atom stereocenters. The molecule has 0 aromatic carbocycles. The molecule has 0 saturated carbocycles. The molecule has 2 N–H and O–H groups in total. The van der Waals surface area contributed by atoms with Crippen LogP contribution in [0.1, 0.15) is 27.2 Å². The van der Waals surface area contributed by atoms with Crippen molar-refractivity contribution in [2.45, 2.75) is 44.9 Å². The Balaban J connectivity index is 2.41. The summed E-state index contributed by atoms with van der Waals surface area (Å²) in [6.45, 7) is 5.97. The number of ether oxygens (including phenoxy) is 1. The Bertz CT molecular complexity index is 198. The number of hydrogen-bond acceptors (Lipinski definition) is 4. The van der Waals surface area contributed by atoms with E-state index in [-0.39, 0.29) is 12.0 Å². The highest BCUT2D eigenvalue weighted by Crippen LogP contribution is 2.13. The van der Waals surface area contributed by atoms with E-state index in [9.17, 15) is 9.90 Å². The SMILES string of the molecule is CC(C)(C)OC(=O)[C@@H]1C[C@H](O)CN1. The number of rotatable bonds is 1. The van der Waals surface area contributed by atoms with Crippen molar-refractivity contribution in [2.24, 2.45) is 0 Å². The van der Waals surface area contributed by atoms with Gasteiger partial charge in [-0.2, -0.15) is 0 Å². The molecule has 0 bridgehead atoms. The molecule has 0 amide bonds. The molecule has 1 fully saturated rings. The fourth-order valence-corrected chi connectivity index (χ4v) is 1.27. The number of hydrogen-bond donors (Lipinski definition) is 2. The first-order valence-corrected chi connectivity index (χ1v) is 4.53. The van der Waals surface area contributed by atoms with Gasteiger partial charge in [0.1, 0.15) is 11.6 Å². The minimum atomic E-state index is -0.452. The lowest BCUT2D eigenvalue weighted by Crippen LogP contribution is -2.37. The summed E-state index contributed by atoms with van der Waals surface area (Å²) in [5.41, 5.74) is -0.452. The Kier molecular flexibility index (Phi) is 2.93. The number of carbonyl (C=O) groups is 1. The molecule has 0 radical (unpaired) electrons. The molecular formula is C9H17NO3. The molecule has 1 aliphatic rings. The third-order valence-electron chi connectivity index (χ3n) is 1.80. The standard InChI is InChI=1S/C9H17NO3/c1-9(2,3)13-8(12)7-4-6(11)5-10-7/h6-7,10-11H,4-5H2,1-3H3/t6-,7-/m0/s1. The zero-order valence-corrected chi connectivity index (χ0v) is 8.33. The maximum absolute atomic E-state index is 11.4. The summed E-state index contributed by atoms with van der Waals surface area (Å²) in [4.78, 5) is 11.4. The normalized spacial score (nSPS) is 28.9. The van der Waals surface area contributed by atoms with Gasteiger partial charge in [0, 0.05) is 13.0 Å². The first-order chi connectivity index (χ1) is 5.88. The molecular weight excluding hydrogens is 170 g/mol. The number of esters is 1. The predicted molar refractivity (Wildman–Crippen MR) is 48.3 cm³/mol. The molecule has 1 rings (SSSR count). The van der Waals surface area contributed by atoms with E-state index >= 15 is 0 Å². The zero-order valence-electron chi connectivity index (χ0n) is 8.33. The zero-order chi connectivity index (χ0) is 10.1. The molecule has 4 nitrogen and oxygen atoms in total. The molecule has 4 heteroatoms. The number of nitrogens with one attached hydrogen (secondary N) is 1. The molecule has 0 unspecified atom stereocenters. The van der Waals surface area contributed by atoms with Gasteiger partial charge in [-0.25, -0.2) is 0 Å². The minimum absolute atomic E-state index is 0.274. The lowest BCUT2D eigenvalue weighted by molar-refractivity contribution is -0.157. The van der Waals surface area contributed by atoms with Crippen molar-refractivity contribution < 1.29 is 14.6 Å². The van der Waals surface area contributed by atoms with Gasteiger partial charge in [0.15, 0.2) is 0 Å². The van der Waals surface area contributed by atoms with Crippen LogP contribution in [0.25, 0.3) is 0 Å². The largest absolute Gasteiger partial charge is 0.459 e. The van der Waals surface area contributed by atoms with Crippen LogP contribution in [0.15, 0.2) is 0 Å². The molecule has 1 aliphatic heterocycles. The highest BCUT2D eigenvalue weighted by atomic mass is 16.6. The van der Waals surface area contributed by atoms with Gasteiger partial charge in [-0.15, -0.1) is 0 Å². The number of aliphatic hydroxyl groups is 1. The summed E-state index contributed by atoms with van der Waals surface area (Å²) in [7, 11) is 0. The monoisotopic (exact) mass is 187 g/mol. The van der Waals surface area contributed by atoms with Crippen LogP contribution in [0.4, 0.5) is 0 Å². The average Bonchev–Trinajstić information content (AvgIpc) is 2.31. The van der Waals surface area contributed by atoms with Crippen LogP contribution >= 0.6 is 0 Å². The summed E-state index contributed by atoms with van der Waals surface area (Å²) >= 11 is 0. The molecule has 0 aromatic rings. The van der Waals surface area contributed by atoms with Gasteiger partial charge in [-0.1, -0.05) is 0 Å². The van der Waals surface area contributed by atoms with E-state index < -0.39 is 11.7 Å². The maximum atomic E-state index is 11.4. The van der Waals surface area contributed by atoms with Crippen LogP contribution < -0.4 is 5.32 Å². The molecule has 76 valence electrons. The molecule has 0 spiro atoms. The summed E-state index contributed by atoms with van der Waals surface area (Å²) in [6.07, 6.45) is 0.0343. The van der Waals surface area contributed by atoms with E-state index in [1.807, 2.05) is 20.8 Å². The maximum Gasteiger partial charge on any atom is 0.323 e. The van der Waals surface area contributed by atoms with Gasteiger partial charge in [-0.3, -0.25) is 4.79 Å². The third kappa shape index (κ3) is 3.32. The van der Waals surface area contributed by atoms with Gasteiger partial charge in [-0.05, 0) is 20.8 Å². The molecule has 0 aromatic heterocycles. The van der Waals surface area contributed by atoms with E-state index in [2.05, 4.69) is 5.32 Å². The summed E-state index contributed by atoms with van der Waals surface area (Å²) < 4.78 is 5.16. The van der Waals surface area contributed by atoms with Crippen LogP contribution in [0.3, 0.4) is 0 Å². The number of β-amino-alcohol motifs (C(OH)–C–C–N with tert-alkyl or cyclic N) is 1. The Labute approximate surface area is 78.3 Å². The van der Waals surface area contributed by atoms with Crippen molar-refractivity contribution in [3.05, 3.63) is 0 Å². The third-order valence-corrected chi connectivity index (χ3v) is 1.80. The summed E-state index contributed by atoms with van der Waals surface area (Å²) in [5, 5.41) is 12.1. The lowest BCUT2D eigenvalue weighted by Gasteiger charge is -2.21. The first-order valence-electron chi connectivity index (χ1n) is 4.53. The quantitative estimate of drug-likeness (QED) is 0.569. The van der Waals surface area contributed by atoms with E-state index in [4.69, 9.17) is 4.74 Å². The van der Waals surface area contributed by atoms with Gasteiger partial charge in [0.2, 0.25) is 0 Å². The second kappa shape index (κ2) is 3.64. The van der Waals surface area contributed by atoms with Crippen molar-refractivity contribution in [2.75, 3.05) is 6.54 Å². The Hall–Kier alpha value is -0.610. The second-order valence-electron chi connectivity index (χ2n) is 4.38. The van der Waals surface area contributed by atoms with Gasteiger partial charge in [0.25, 0.3) is 0 Å². The Morgan fingerprint density at radius 3 is 2.54 bits per heavy atom. The fourth-order valence-electron chi connectivity index (χ4n) is 1.27. The van der Waals surface area contributed by atoms with Crippen molar-refractivity contribution in [3.8, 4) is 0 Å². The van der Waals surface area contributed by atoms with Crippen LogP contribution in [-0.2, 0) is 9.53 Å². The fraction of sp³-hybridized carbons (Fsp3) is 0.889. The minimum Gasteiger partial charge on any atom is -0.459 e. The van der Waals surface area contributed by atoms with Gasteiger partial charge < -0.3 is 15.2 Å². The van der Waals surface area contributed by atoms with Crippen molar-refractivity contribution in [1.82, 2.24) is 5.32 Å².